The Kier molecular flexibility index (Phi) is 6.08. The number of aliphatic hydroxyl groups excluding tert-OH is 2. The normalized spacial score (nSPS) is 17.0. The number of halogens is 12. The first kappa shape index (κ1) is 23.3. The van der Waals surface area contributed by atoms with Crippen LogP contribution >= 0.6 is 0 Å². The summed E-state index contributed by atoms with van der Waals surface area (Å²) in [7, 11) is 0. The summed E-state index contributed by atoms with van der Waals surface area (Å²) in [5.41, 5.74) is -9.34. The highest BCUT2D eigenvalue weighted by Crippen LogP contribution is 2.48. The third-order valence-corrected chi connectivity index (χ3v) is 3.46. The van der Waals surface area contributed by atoms with Gasteiger partial charge in [-0.2, -0.15) is 39.5 Å². The molecule has 0 radical (unpaired) electrons. The first-order valence-corrected chi connectivity index (χ1v) is 6.61. The van der Waals surface area contributed by atoms with Crippen LogP contribution in [0.25, 0.3) is 0 Å². The topological polar surface area (TPSA) is 40.5 Å². The van der Waals surface area contributed by atoms with Gasteiger partial charge in [0.15, 0.2) is 17.5 Å². The Bertz CT molecular complexity index is 701. The summed E-state index contributed by atoms with van der Waals surface area (Å²) < 4.78 is 156. The van der Waals surface area contributed by atoms with Gasteiger partial charge in [0.1, 0.15) is 17.0 Å². The molecule has 0 fully saturated rings. The maximum atomic E-state index is 13.9. The van der Waals surface area contributed by atoms with Crippen molar-refractivity contribution in [3.63, 3.8) is 0 Å². The van der Waals surface area contributed by atoms with Gasteiger partial charge in [0.05, 0.1) is 12.2 Å². The molecule has 0 heterocycles. The second-order valence-corrected chi connectivity index (χ2v) is 5.35. The van der Waals surface area contributed by atoms with Crippen LogP contribution < -0.4 is 0 Å². The third-order valence-electron chi connectivity index (χ3n) is 3.46. The van der Waals surface area contributed by atoms with Crippen molar-refractivity contribution < 1.29 is 62.9 Å². The van der Waals surface area contributed by atoms with Crippen molar-refractivity contribution in [1.82, 2.24) is 0 Å². The molecule has 0 aliphatic carbocycles. The molecule has 0 bridgehead atoms. The van der Waals surface area contributed by atoms with E-state index in [1.54, 1.807) is 0 Å². The standard InChI is InChI=1S/C13H8F12O2/c1-2(26)4(11(17,18)19)10(27)3-5(12(20,21)22)8(15)6(13(23,24)25)9(16)7(3)14/h2,4,10,26-27H,1H3. The summed E-state index contributed by atoms with van der Waals surface area (Å²) in [5, 5.41) is 18.6. The highest BCUT2D eigenvalue weighted by atomic mass is 19.4. The molecule has 1 aromatic carbocycles. The molecule has 0 saturated heterocycles. The van der Waals surface area contributed by atoms with E-state index in [0.29, 0.717) is 6.92 Å². The Labute approximate surface area is 142 Å². The van der Waals surface area contributed by atoms with Crippen molar-refractivity contribution in [1.29, 1.82) is 0 Å². The highest BCUT2D eigenvalue weighted by Gasteiger charge is 2.54. The van der Waals surface area contributed by atoms with E-state index < -0.39 is 70.8 Å². The zero-order valence-electron chi connectivity index (χ0n) is 12.7. The maximum Gasteiger partial charge on any atom is 0.422 e. The van der Waals surface area contributed by atoms with Gasteiger partial charge >= 0.3 is 18.5 Å². The van der Waals surface area contributed by atoms with Crippen LogP contribution in [0.2, 0.25) is 0 Å². The lowest BCUT2D eigenvalue weighted by atomic mass is 9.86. The summed E-state index contributed by atoms with van der Waals surface area (Å²) in [6.45, 7) is 0.309. The van der Waals surface area contributed by atoms with Crippen LogP contribution in [-0.4, -0.2) is 22.5 Å². The molecule has 3 unspecified atom stereocenters. The van der Waals surface area contributed by atoms with Gasteiger partial charge in [-0.1, -0.05) is 0 Å². The molecule has 0 aliphatic heterocycles. The Morgan fingerprint density at radius 2 is 1.07 bits per heavy atom. The van der Waals surface area contributed by atoms with Crippen LogP contribution in [0.4, 0.5) is 52.7 Å². The second kappa shape index (κ2) is 7.04. The minimum Gasteiger partial charge on any atom is -0.393 e. The van der Waals surface area contributed by atoms with Crippen LogP contribution in [0, 0.1) is 23.4 Å². The molecule has 1 aromatic rings. The van der Waals surface area contributed by atoms with Crippen LogP contribution in [0.1, 0.15) is 29.7 Å². The largest absolute Gasteiger partial charge is 0.422 e. The van der Waals surface area contributed by atoms with Crippen LogP contribution in [0.5, 0.6) is 0 Å². The summed E-state index contributed by atoms with van der Waals surface area (Å²) >= 11 is 0. The highest BCUT2D eigenvalue weighted by molar-refractivity contribution is 5.41. The molecule has 0 saturated carbocycles. The third kappa shape index (κ3) is 4.42. The van der Waals surface area contributed by atoms with E-state index in [4.69, 9.17) is 5.11 Å². The van der Waals surface area contributed by atoms with Gasteiger partial charge in [-0.05, 0) is 6.92 Å². The van der Waals surface area contributed by atoms with Crippen molar-refractivity contribution >= 4 is 0 Å². The molecule has 2 N–H and O–H groups in total. The van der Waals surface area contributed by atoms with Crippen LogP contribution in [-0.2, 0) is 12.4 Å². The second-order valence-electron chi connectivity index (χ2n) is 5.35. The maximum absolute atomic E-state index is 13.9. The minimum absolute atomic E-state index is 0.309. The summed E-state index contributed by atoms with van der Waals surface area (Å²) in [4.78, 5) is 0. The SMILES string of the molecule is CC(O)C(C(O)c1c(F)c(F)c(C(F)(F)F)c(F)c1C(F)(F)F)C(F)(F)F. The van der Waals surface area contributed by atoms with Crippen molar-refractivity contribution in [2.45, 2.75) is 37.7 Å². The predicted molar refractivity (Wildman–Crippen MR) is 62.5 cm³/mol. The number of hydrogen-bond acceptors (Lipinski definition) is 2. The van der Waals surface area contributed by atoms with E-state index >= 15 is 0 Å². The molecule has 156 valence electrons. The fourth-order valence-corrected chi connectivity index (χ4v) is 2.38. The van der Waals surface area contributed by atoms with Crippen molar-refractivity contribution in [2.24, 2.45) is 5.92 Å². The van der Waals surface area contributed by atoms with Crippen LogP contribution in [0.15, 0.2) is 0 Å². The summed E-state index contributed by atoms with van der Waals surface area (Å²) in [5.74, 6) is -13.5. The lowest BCUT2D eigenvalue weighted by Crippen LogP contribution is -2.39. The van der Waals surface area contributed by atoms with Gasteiger partial charge in [-0.25, -0.2) is 13.2 Å². The zero-order chi connectivity index (χ0) is 21.7. The Hall–Kier alpha value is -1.70. The number of aliphatic hydroxyl groups is 2. The minimum atomic E-state index is -6.25. The molecule has 27 heavy (non-hydrogen) atoms. The Morgan fingerprint density at radius 3 is 1.37 bits per heavy atom. The van der Waals surface area contributed by atoms with E-state index in [1.165, 1.54) is 0 Å². The molecule has 0 aliphatic rings. The van der Waals surface area contributed by atoms with Crippen molar-refractivity contribution in [3.05, 3.63) is 34.1 Å². The van der Waals surface area contributed by atoms with Gasteiger partial charge in [0.25, 0.3) is 0 Å². The zero-order valence-corrected chi connectivity index (χ0v) is 12.7. The number of benzene rings is 1. The molecule has 14 heteroatoms. The molecule has 0 amide bonds. The quantitative estimate of drug-likeness (QED) is 0.544. The lowest BCUT2D eigenvalue weighted by Gasteiger charge is -2.30. The number of rotatable bonds is 3. The molecular formula is C13H8F12O2. The smallest absolute Gasteiger partial charge is 0.393 e. The van der Waals surface area contributed by atoms with E-state index in [2.05, 4.69) is 0 Å². The van der Waals surface area contributed by atoms with Gasteiger partial charge in [0, 0.05) is 5.56 Å². The van der Waals surface area contributed by atoms with Gasteiger partial charge in [0.2, 0.25) is 0 Å². The fraction of sp³-hybridized carbons (Fsp3) is 0.538. The molecule has 3 atom stereocenters. The molecule has 1 rings (SSSR count). The lowest BCUT2D eigenvalue weighted by molar-refractivity contribution is -0.226. The van der Waals surface area contributed by atoms with E-state index in [-0.39, 0.29) is 0 Å². The van der Waals surface area contributed by atoms with E-state index in [0.717, 1.165) is 0 Å². The van der Waals surface area contributed by atoms with Crippen molar-refractivity contribution in [3.8, 4) is 0 Å². The Balaban J connectivity index is 3.99. The molecule has 2 nitrogen and oxygen atoms in total. The molecular weight excluding hydrogens is 416 g/mol. The average Bonchev–Trinajstić information content (AvgIpc) is 2.37. The Morgan fingerprint density at radius 1 is 0.667 bits per heavy atom. The average molecular weight is 424 g/mol. The van der Waals surface area contributed by atoms with Crippen LogP contribution in [0.3, 0.4) is 0 Å². The van der Waals surface area contributed by atoms with Gasteiger partial charge < -0.3 is 10.2 Å². The predicted octanol–water partition coefficient (Wildman–Crippen LogP) is 4.73. The van der Waals surface area contributed by atoms with E-state index in [1.807, 2.05) is 0 Å². The van der Waals surface area contributed by atoms with Crippen molar-refractivity contribution in [2.75, 3.05) is 0 Å². The number of alkyl halides is 9. The fourth-order valence-electron chi connectivity index (χ4n) is 2.38. The first-order chi connectivity index (χ1) is 11.8. The van der Waals surface area contributed by atoms with Gasteiger partial charge in [-0.15, -0.1) is 0 Å². The number of hydrogen-bond donors (Lipinski definition) is 2. The molecule has 0 aromatic heterocycles. The molecule has 0 spiro atoms. The van der Waals surface area contributed by atoms with Gasteiger partial charge in [-0.3, -0.25) is 0 Å². The summed E-state index contributed by atoms with van der Waals surface area (Å²) in [6, 6.07) is 0. The monoisotopic (exact) mass is 424 g/mol. The van der Waals surface area contributed by atoms with E-state index in [9.17, 15) is 57.8 Å². The first-order valence-electron chi connectivity index (χ1n) is 6.61. The summed E-state index contributed by atoms with van der Waals surface area (Å²) in [6.07, 6.45) is -24.6.